The Kier molecular flexibility index (Phi) is 5.13. The largest absolute Gasteiger partial charge is 0.378 e. The Morgan fingerprint density at radius 1 is 1.23 bits per heavy atom. The van der Waals surface area contributed by atoms with Gasteiger partial charge >= 0.3 is 5.69 Å². The van der Waals surface area contributed by atoms with E-state index in [1.807, 2.05) is 4.90 Å². The molecule has 1 aliphatic rings. The Labute approximate surface area is 156 Å². The van der Waals surface area contributed by atoms with E-state index in [0.717, 1.165) is 19.5 Å². The number of aromatic nitrogens is 2. The Hall–Kier alpha value is -2.61. The Morgan fingerprint density at radius 2 is 1.85 bits per heavy atom. The summed E-state index contributed by atoms with van der Waals surface area (Å²) in [5.41, 5.74) is 6.19. The zero-order valence-corrected chi connectivity index (χ0v) is 15.4. The van der Waals surface area contributed by atoms with E-state index in [1.54, 1.807) is 24.3 Å². The highest BCUT2D eigenvalue weighted by molar-refractivity contribution is 6.30. The second-order valence-corrected chi connectivity index (χ2v) is 7.28. The van der Waals surface area contributed by atoms with Crippen LogP contribution < -0.4 is 16.0 Å². The van der Waals surface area contributed by atoms with Crippen LogP contribution in [-0.2, 0) is 0 Å². The second kappa shape index (κ2) is 7.33. The zero-order chi connectivity index (χ0) is 18.8. The predicted molar refractivity (Wildman–Crippen MR) is 103 cm³/mol. The van der Waals surface area contributed by atoms with E-state index in [9.17, 15) is 10.1 Å². The first kappa shape index (κ1) is 18.2. The molecule has 2 heterocycles. The highest BCUT2D eigenvalue weighted by Crippen LogP contribution is 2.34. The lowest BCUT2D eigenvalue weighted by atomic mass is 9.92. The molecule has 0 unspecified atom stereocenters. The van der Waals surface area contributed by atoms with Gasteiger partial charge in [-0.05, 0) is 42.5 Å². The molecule has 0 radical (unpaired) electrons. The van der Waals surface area contributed by atoms with Crippen molar-refractivity contribution in [1.82, 2.24) is 9.97 Å². The van der Waals surface area contributed by atoms with E-state index < -0.39 is 4.92 Å². The number of nitrogens with one attached hydrogen (secondary N) is 1. The first-order chi connectivity index (χ1) is 12.3. The molecule has 0 saturated carbocycles. The summed E-state index contributed by atoms with van der Waals surface area (Å²) in [5, 5.41) is 15.0. The van der Waals surface area contributed by atoms with E-state index in [1.165, 1.54) is 0 Å². The van der Waals surface area contributed by atoms with Crippen molar-refractivity contribution >= 4 is 40.6 Å². The zero-order valence-electron chi connectivity index (χ0n) is 14.6. The Bertz CT molecular complexity index is 804. The van der Waals surface area contributed by atoms with Gasteiger partial charge in [0, 0.05) is 23.8 Å². The van der Waals surface area contributed by atoms with Crippen molar-refractivity contribution < 1.29 is 4.92 Å². The van der Waals surface area contributed by atoms with Crippen molar-refractivity contribution in [3.8, 4) is 0 Å². The first-order valence-corrected chi connectivity index (χ1v) is 8.80. The molecule has 138 valence electrons. The third kappa shape index (κ3) is 3.96. The van der Waals surface area contributed by atoms with Crippen molar-refractivity contribution in [3.63, 3.8) is 0 Å². The summed E-state index contributed by atoms with van der Waals surface area (Å²) in [4.78, 5) is 21.5. The fourth-order valence-corrected chi connectivity index (χ4v) is 3.49. The van der Waals surface area contributed by atoms with Gasteiger partial charge in [0.25, 0.3) is 0 Å². The van der Waals surface area contributed by atoms with E-state index in [0.29, 0.717) is 28.5 Å². The number of nitrogens with zero attached hydrogens (tertiary/aromatic N) is 4. The molecule has 26 heavy (non-hydrogen) atoms. The van der Waals surface area contributed by atoms with E-state index in [2.05, 4.69) is 29.1 Å². The third-order valence-electron chi connectivity index (χ3n) is 4.34. The summed E-state index contributed by atoms with van der Waals surface area (Å²) in [7, 11) is 0. The van der Waals surface area contributed by atoms with Crippen LogP contribution in [0.1, 0.15) is 20.3 Å². The van der Waals surface area contributed by atoms with Crippen LogP contribution in [0.25, 0.3) is 0 Å². The van der Waals surface area contributed by atoms with Crippen LogP contribution in [0.3, 0.4) is 0 Å². The third-order valence-corrected chi connectivity index (χ3v) is 4.59. The maximum Gasteiger partial charge on any atom is 0.353 e. The van der Waals surface area contributed by atoms with Crippen LogP contribution in [0.15, 0.2) is 24.3 Å². The number of nitrogens with two attached hydrogens (primary N) is 1. The lowest BCUT2D eigenvalue weighted by Crippen LogP contribution is -2.39. The molecule has 1 saturated heterocycles. The molecule has 9 heteroatoms. The predicted octanol–water partition coefficient (Wildman–Crippen LogP) is 3.85. The molecule has 1 aromatic heterocycles. The van der Waals surface area contributed by atoms with Gasteiger partial charge in [0.15, 0.2) is 0 Å². The van der Waals surface area contributed by atoms with Crippen LogP contribution in [0.5, 0.6) is 0 Å². The minimum atomic E-state index is -0.571. The molecule has 2 aromatic rings. The molecule has 1 aromatic carbocycles. The summed E-state index contributed by atoms with van der Waals surface area (Å²) in [5.74, 6) is 1.31. The number of piperidine rings is 1. The van der Waals surface area contributed by atoms with E-state index in [4.69, 9.17) is 17.3 Å². The number of nitrogen functional groups attached to an aromatic ring is 1. The minimum absolute atomic E-state index is 0.0747. The number of anilines is 4. The molecular formula is C17H21ClN6O2. The monoisotopic (exact) mass is 376 g/mol. The van der Waals surface area contributed by atoms with Gasteiger partial charge < -0.3 is 16.0 Å². The summed E-state index contributed by atoms with van der Waals surface area (Å²) < 4.78 is 0. The van der Waals surface area contributed by atoms with Crippen LogP contribution >= 0.6 is 11.6 Å². The van der Waals surface area contributed by atoms with Crippen LogP contribution in [0, 0.1) is 22.0 Å². The number of halogens is 1. The van der Waals surface area contributed by atoms with Gasteiger partial charge in [-0.3, -0.25) is 10.1 Å². The standard InChI is InChI=1S/C17H21ClN6O2/c1-10-7-11(2)9-23(8-10)17-21-15(19)14(24(25)26)16(22-17)20-13-5-3-12(18)4-6-13/h3-6,10-11H,7-9H2,1-2H3,(H3,19,20,21,22)/t10-,11+. The van der Waals surface area contributed by atoms with Crippen molar-refractivity contribution in [3.05, 3.63) is 39.4 Å². The SMILES string of the molecule is C[C@@H]1C[C@H](C)CN(c2nc(N)c([N+](=O)[O-])c(Nc3ccc(Cl)cc3)n2)C1. The number of rotatable bonds is 4. The molecule has 3 rings (SSSR count). The minimum Gasteiger partial charge on any atom is -0.378 e. The Morgan fingerprint density at radius 3 is 2.42 bits per heavy atom. The van der Waals surface area contributed by atoms with Crippen molar-refractivity contribution in [2.24, 2.45) is 11.8 Å². The number of benzene rings is 1. The molecule has 0 amide bonds. The summed E-state index contributed by atoms with van der Waals surface area (Å²) in [6, 6.07) is 6.81. The topological polar surface area (TPSA) is 110 Å². The van der Waals surface area contributed by atoms with Gasteiger partial charge in [-0.1, -0.05) is 25.4 Å². The fraction of sp³-hybridized carbons (Fsp3) is 0.412. The Balaban J connectivity index is 1.99. The lowest BCUT2D eigenvalue weighted by molar-refractivity contribution is -0.383. The summed E-state index contributed by atoms with van der Waals surface area (Å²) >= 11 is 5.89. The highest BCUT2D eigenvalue weighted by atomic mass is 35.5. The molecule has 2 atom stereocenters. The highest BCUT2D eigenvalue weighted by Gasteiger charge is 2.28. The van der Waals surface area contributed by atoms with E-state index in [-0.39, 0.29) is 17.3 Å². The van der Waals surface area contributed by atoms with Gasteiger partial charge in [-0.2, -0.15) is 9.97 Å². The molecule has 0 bridgehead atoms. The summed E-state index contributed by atoms with van der Waals surface area (Å²) in [6.07, 6.45) is 1.13. The molecular weight excluding hydrogens is 356 g/mol. The molecule has 1 aliphatic heterocycles. The molecule has 0 aliphatic carbocycles. The normalized spacial score (nSPS) is 20.0. The molecule has 0 spiro atoms. The van der Waals surface area contributed by atoms with E-state index >= 15 is 0 Å². The maximum atomic E-state index is 11.4. The lowest BCUT2D eigenvalue weighted by Gasteiger charge is -2.35. The van der Waals surface area contributed by atoms with Gasteiger partial charge in [0.1, 0.15) is 0 Å². The fourth-order valence-electron chi connectivity index (χ4n) is 3.36. The van der Waals surface area contributed by atoms with Gasteiger partial charge in [-0.15, -0.1) is 0 Å². The van der Waals surface area contributed by atoms with Crippen molar-refractivity contribution in [1.29, 1.82) is 0 Å². The van der Waals surface area contributed by atoms with Crippen LogP contribution in [-0.4, -0.2) is 28.0 Å². The van der Waals surface area contributed by atoms with Crippen LogP contribution in [0.2, 0.25) is 5.02 Å². The van der Waals surface area contributed by atoms with Crippen molar-refractivity contribution in [2.75, 3.05) is 29.0 Å². The van der Waals surface area contributed by atoms with Gasteiger partial charge in [0.05, 0.1) is 4.92 Å². The first-order valence-electron chi connectivity index (χ1n) is 8.43. The molecule has 3 N–H and O–H groups in total. The van der Waals surface area contributed by atoms with Crippen molar-refractivity contribution in [2.45, 2.75) is 20.3 Å². The average Bonchev–Trinajstić information content (AvgIpc) is 2.55. The number of hydrogen-bond donors (Lipinski definition) is 2. The quantitative estimate of drug-likeness (QED) is 0.615. The number of hydrogen-bond acceptors (Lipinski definition) is 7. The maximum absolute atomic E-state index is 11.4. The number of nitro groups is 1. The molecule has 8 nitrogen and oxygen atoms in total. The van der Waals surface area contributed by atoms with Gasteiger partial charge in [-0.25, -0.2) is 0 Å². The smallest absolute Gasteiger partial charge is 0.353 e. The van der Waals surface area contributed by atoms with Crippen LogP contribution in [0.4, 0.5) is 29.0 Å². The summed E-state index contributed by atoms with van der Waals surface area (Å²) in [6.45, 7) is 5.93. The van der Waals surface area contributed by atoms with Gasteiger partial charge in [0.2, 0.25) is 17.6 Å². The molecule has 1 fully saturated rings. The average molecular weight is 377 g/mol. The second-order valence-electron chi connectivity index (χ2n) is 6.85.